The van der Waals surface area contributed by atoms with Gasteiger partial charge in [0, 0.05) is 17.8 Å². The van der Waals surface area contributed by atoms with Gasteiger partial charge in [-0.15, -0.1) is 11.3 Å². The van der Waals surface area contributed by atoms with E-state index in [0.717, 1.165) is 41.7 Å². The minimum absolute atomic E-state index is 0.739. The minimum Gasteiger partial charge on any atom is -0.354 e. The normalized spacial score (nSPS) is 17.3. The smallest absolute Gasteiger partial charge is 0.227 e. The second kappa shape index (κ2) is 7.48. The Hall–Kier alpha value is -1.73. The number of hydrogen-bond acceptors (Lipinski definition) is 5. The van der Waals surface area contributed by atoms with E-state index in [1.54, 1.807) is 11.2 Å². The fourth-order valence-corrected chi connectivity index (χ4v) is 5.23. The molecule has 26 heavy (non-hydrogen) atoms. The van der Waals surface area contributed by atoms with Crippen LogP contribution in [0.5, 0.6) is 0 Å². The number of rotatable bonds is 7. The molecule has 3 aromatic rings. The van der Waals surface area contributed by atoms with Crippen molar-refractivity contribution in [1.82, 2.24) is 19.6 Å². The molecule has 0 fully saturated rings. The van der Waals surface area contributed by atoms with Gasteiger partial charge in [0.05, 0.1) is 25.0 Å². The Balaban J connectivity index is 1.61. The summed E-state index contributed by atoms with van der Waals surface area (Å²) in [6, 6.07) is 0. The molecule has 3 heterocycles. The summed E-state index contributed by atoms with van der Waals surface area (Å²) in [6.07, 6.45) is 6.37. The first-order valence-corrected chi connectivity index (χ1v) is 10.7. The number of quaternary nitrogens is 1. The molecule has 1 aliphatic carbocycles. The minimum atomic E-state index is 0.739. The van der Waals surface area contributed by atoms with Crippen LogP contribution in [0.4, 0.5) is 5.95 Å². The number of aryl methyl sites for hydroxylation is 1. The van der Waals surface area contributed by atoms with Gasteiger partial charge in [-0.25, -0.2) is 9.97 Å². The van der Waals surface area contributed by atoms with E-state index in [2.05, 4.69) is 36.2 Å². The molecule has 0 unspecified atom stereocenters. The lowest BCUT2D eigenvalue weighted by Gasteiger charge is -2.18. The van der Waals surface area contributed by atoms with Crippen molar-refractivity contribution in [1.29, 1.82) is 0 Å². The summed E-state index contributed by atoms with van der Waals surface area (Å²) in [5, 5.41) is 9.17. The third kappa shape index (κ3) is 3.18. The van der Waals surface area contributed by atoms with Gasteiger partial charge in [0.2, 0.25) is 5.95 Å². The van der Waals surface area contributed by atoms with Crippen molar-refractivity contribution >= 4 is 33.1 Å². The molecule has 1 aliphatic rings. The average Bonchev–Trinajstić information content (AvgIpc) is 3.25. The summed E-state index contributed by atoms with van der Waals surface area (Å²) >= 11 is 1.85. The van der Waals surface area contributed by atoms with Crippen LogP contribution in [-0.4, -0.2) is 45.8 Å². The Morgan fingerprint density at radius 2 is 2.19 bits per heavy atom. The molecule has 1 atom stereocenters. The van der Waals surface area contributed by atoms with Gasteiger partial charge in [0.25, 0.3) is 0 Å². The van der Waals surface area contributed by atoms with Crippen LogP contribution in [0.3, 0.4) is 0 Å². The van der Waals surface area contributed by atoms with Gasteiger partial charge in [-0.05, 0) is 44.6 Å². The molecule has 140 valence electrons. The van der Waals surface area contributed by atoms with Crippen LogP contribution in [0, 0.1) is 5.92 Å². The zero-order valence-electron chi connectivity index (χ0n) is 16.0. The van der Waals surface area contributed by atoms with E-state index in [1.807, 2.05) is 15.9 Å². The molecule has 0 saturated heterocycles. The first kappa shape index (κ1) is 17.7. The standard InChI is InChI=1S/C19H28N6S/c1-4-24(5-2)10-6-9-20-19-23-18-16(17-21-12-22-25(17)19)14-11-13(3)7-8-15(14)26-18/h12-13H,4-11H2,1-3H3,(H,20,23)/p+1/t13-/m0/s1. The summed E-state index contributed by atoms with van der Waals surface area (Å²) in [5.41, 5.74) is 2.42. The average molecular weight is 374 g/mol. The molecule has 0 amide bonds. The van der Waals surface area contributed by atoms with Crippen molar-refractivity contribution in [3.63, 3.8) is 0 Å². The molecule has 0 spiro atoms. The first-order valence-electron chi connectivity index (χ1n) is 9.92. The maximum atomic E-state index is 4.92. The van der Waals surface area contributed by atoms with E-state index >= 15 is 0 Å². The van der Waals surface area contributed by atoms with Crippen LogP contribution < -0.4 is 10.2 Å². The molecule has 0 radical (unpaired) electrons. The summed E-state index contributed by atoms with van der Waals surface area (Å²) < 4.78 is 1.89. The predicted molar refractivity (Wildman–Crippen MR) is 107 cm³/mol. The van der Waals surface area contributed by atoms with Crippen LogP contribution in [-0.2, 0) is 12.8 Å². The molecule has 3 aromatic heterocycles. The fraction of sp³-hybridized carbons (Fsp3) is 0.632. The molecule has 4 rings (SSSR count). The van der Waals surface area contributed by atoms with Crippen molar-refractivity contribution in [2.75, 3.05) is 31.5 Å². The molecule has 0 bridgehead atoms. The monoisotopic (exact) mass is 373 g/mol. The Labute approximate surface area is 158 Å². The van der Waals surface area contributed by atoms with Crippen LogP contribution >= 0.6 is 11.3 Å². The predicted octanol–water partition coefficient (Wildman–Crippen LogP) is 2.19. The van der Waals surface area contributed by atoms with E-state index in [1.165, 1.54) is 48.3 Å². The third-order valence-electron chi connectivity index (χ3n) is 5.66. The number of fused-ring (bicyclic) bond motifs is 5. The molecular formula is C19H29N6S+. The SMILES string of the molecule is CC[NH+](CC)CCCNc1nc2sc3c(c2c2ncnn12)C[C@@H](C)CC3. The highest BCUT2D eigenvalue weighted by Crippen LogP contribution is 2.39. The van der Waals surface area contributed by atoms with E-state index in [0.29, 0.717) is 0 Å². The van der Waals surface area contributed by atoms with Crippen molar-refractivity contribution in [2.45, 2.75) is 46.5 Å². The number of aromatic nitrogens is 4. The van der Waals surface area contributed by atoms with Gasteiger partial charge in [-0.1, -0.05) is 6.92 Å². The van der Waals surface area contributed by atoms with E-state index in [-0.39, 0.29) is 0 Å². The zero-order chi connectivity index (χ0) is 18.1. The van der Waals surface area contributed by atoms with E-state index in [4.69, 9.17) is 4.98 Å². The Kier molecular flexibility index (Phi) is 5.09. The number of nitrogens with one attached hydrogen (secondary N) is 2. The highest BCUT2D eigenvalue weighted by Gasteiger charge is 2.24. The lowest BCUT2D eigenvalue weighted by molar-refractivity contribution is -0.896. The van der Waals surface area contributed by atoms with Gasteiger partial charge < -0.3 is 10.2 Å². The topological polar surface area (TPSA) is 59.5 Å². The zero-order valence-corrected chi connectivity index (χ0v) is 16.8. The molecule has 6 nitrogen and oxygen atoms in total. The van der Waals surface area contributed by atoms with Crippen LogP contribution in [0.15, 0.2) is 6.33 Å². The molecule has 0 aromatic carbocycles. The quantitative estimate of drug-likeness (QED) is 0.623. The van der Waals surface area contributed by atoms with Gasteiger partial charge in [-0.3, -0.25) is 0 Å². The molecule has 7 heteroatoms. The summed E-state index contributed by atoms with van der Waals surface area (Å²) in [7, 11) is 0. The molecule has 2 N–H and O–H groups in total. The van der Waals surface area contributed by atoms with Crippen molar-refractivity contribution in [3.8, 4) is 0 Å². The second-order valence-corrected chi connectivity index (χ2v) is 8.53. The first-order chi connectivity index (χ1) is 12.7. The van der Waals surface area contributed by atoms with Crippen LogP contribution in [0.25, 0.3) is 15.9 Å². The van der Waals surface area contributed by atoms with Gasteiger partial charge in [0.1, 0.15) is 11.2 Å². The third-order valence-corrected chi connectivity index (χ3v) is 6.84. The van der Waals surface area contributed by atoms with Gasteiger partial charge >= 0.3 is 0 Å². The van der Waals surface area contributed by atoms with Crippen LogP contribution in [0.2, 0.25) is 0 Å². The van der Waals surface area contributed by atoms with Crippen molar-refractivity contribution in [2.24, 2.45) is 5.92 Å². The lowest BCUT2D eigenvalue weighted by atomic mass is 9.89. The molecule has 0 saturated carbocycles. The Morgan fingerprint density at radius 3 is 3.00 bits per heavy atom. The maximum absolute atomic E-state index is 4.92. The van der Waals surface area contributed by atoms with E-state index < -0.39 is 0 Å². The Morgan fingerprint density at radius 1 is 1.35 bits per heavy atom. The molecule has 0 aliphatic heterocycles. The van der Waals surface area contributed by atoms with Crippen LogP contribution in [0.1, 0.15) is 44.1 Å². The van der Waals surface area contributed by atoms with Gasteiger partial charge in [-0.2, -0.15) is 9.61 Å². The fourth-order valence-electron chi connectivity index (χ4n) is 4.02. The van der Waals surface area contributed by atoms with Crippen molar-refractivity contribution < 1.29 is 4.90 Å². The lowest BCUT2D eigenvalue weighted by Crippen LogP contribution is -3.11. The summed E-state index contributed by atoms with van der Waals surface area (Å²) in [6.45, 7) is 11.3. The maximum Gasteiger partial charge on any atom is 0.227 e. The highest BCUT2D eigenvalue weighted by molar-refractivity contribution is 7.19. The second-order valence-electron chi connectivity index (χ2n) is 7.45. The number of anilines is 1. The van der Waals surface area contributed by atoms with E-state index in [9.17, 15) is 0 Å². The number of nitrogens with zero attached hydrogens (tertiary/aromatic N) is 4. The Bertz CT molecular complexity index is 894. The number of thiophene rings is 1. The largest absolute Gasteiger partial charge is 0.354 e. The van der Waals surface area contributed by atoms with Crippen molar-refractivity contribution in [3.05, 3.63) is 16.8 Å². The molecular weight excluding hydrogens is 344 g/mol. The number of hydrogen-bond donors (Lipinski definition) is 2. The highest BCUT2D eigenvalue weighted by atomic mass is 32.1. The summed E-state index contributed by atoms with van der Waals surface area (Å²) in [5.74, 6) is 1.56. The van der Waals surface area contributed by atoms with Gasteiger partial charge in [0.15, 0.2) is 5.65 Å². The summed E-state index contributed by atoms with van der Waals surface area (Å²) in [4.78, 5) is 13.7.